The molecule has 1 aromatic carbocycles. The van der Waals surface area contributed by atoms with Crippen LogP contribution in [0.5, 0.6) is 11.6 Å². The molecule has 1 heterocycles. The largest absolute Gasteiger partial charge is 0.439 e. The van der Waals surface area contributed by atoms with Crippen LogP contribution in [0.3, 0.4) is 0 Å². The van der Waals surface area contributed by atoms with Crippen molar-refractivity contribution in [2.75, 3.05) is 7.05 Å². The zero-order valence-corrected chi connectivity index (χ0v) is 13.1. The minimum absolute atomic E-state index is 0.515. The van der Waals surface area contributed by atoms with Crippen LogP contribution in [0.2, 0.25) is 10.0 Å². The van der Waals surface area contributed by atoms with Crippen LogP contribution >= 0.6 is 23.2 Å². The summed E-state index contributed by atoms with van der Waals surface area (Å²) in [6.07, 6.45) is 0. The molecule has 3 nitrogen and oxygen atoms in total. The molecule has 0 bridgehead atoms. The van der Waals surface area contributed by atoms with E-state index in [1.165, 1.54) is 0 Å². The molecule has 0 aliphatic carbocycles. The first kappa shape index (κ1) is 15.1. The van der Waals surface area contributed by atoms with Gasteiger partial charge in [-0.05, 0) is 50.2 Å². The topological polar surface area (TPSA) is 34.2 Å². The van der Waals surface area contributed by atoms with E-state index in [2.05, 4.69) is 10.3 Å². The molecule has 5 heteroatoms. The number of nitrogens with zero attached hydrogens (tertiary/aromatic N) is 1. The molecule has 20 heavy (non-hydrogen) atoms. The summed E-state index contributed by atoms with van der Waals surface area (Å²) < 4.78 is 5.78. The number of nitrogens with one attached hydrogen (secondary N) is 1. The Labute approximate surface area is 128 Å². The van der Waals surface area contributed by atoms with Crippen LogP contribution in [0.15, 0.2) is 24.3 Å². The maximum Gasteiger partial charge on any atom is 0.219 e. The molecule has 0 atom stereocenters. The van der Waals surface area contributed by atoms with E-state index in [0.717, 1.165) is 27.6 Å². The molecule has 1 N–H and O–H groups in total. The van der Waals surface area contributed by atoms with Gasteiger partial charge in [0.15, 0.2) is 0 Å². The average Bonchev–Trinajstić information content (AvgIpc) is 2.40. The third-order valence-corrected chi connectivity index (χ3v) is 3.81. The predicted octanol–water partition coefficient (Wildman–Crippen LogP) is 4.52. The summed E-state index contributed by atoms with van der Waals surface area (Å²) in [6, 6.07) is 7.32. The minimum atomic E-state index is 0.515. The Kier molecular flexibility index (Phi) is 4.86. The van der Waals surface area contributed by atoms with Crippen molar-refractivity contribution in [2.45, 2.75) is 20.4 Å². The molecule has 0 fully saturated rings. The molecule has 0 spiro atoms. The number of aryl methyl sites for hydroxylation is 2. The number of halogens is 2. The molecular formula is C15H16Cl2N2O. The van der Waals surface area contributed by atoms with Gasteiger partial charge < -0.3 is 10.1 Å². The number of hydrogen-bond donors (Lipinski definition) is 1. The van der Waals surface area contributed by atoms with E-state index in [4.69, 9.17) is 27.9 Å². The lowest BCUT2D eigenvalue weighted by molar-refractivity contribution is 0.459. The van der Waals surface area contributed by atoms with Crippen LogP contribution in [-0.2, 0) is 6.54 Å². The van der Waals surface area contributed by atoms with Gasteiger partial charge in [-0.25, -0.2) is 4.98 Å². The highest BCUT2D eigenvalue weighted by Crippen LogP contribution is 2.29. The van der Waals surface area contributed by atoms with Crippen molar-refractivity contribution in [2.24, 2.45) is 0 Å². The van der Waals surface area contributed by atoms with Crippen LogP contribution in [0.25, 0.3) is 0 Å². The van der Waals surface area contributed by atoms with Gasteiger partial charge >= 0.3 is 0 Å². The van der Waals surface area contributed by atoms with Crippen LogP contribution in [0, 0.1) is 13.8 Å². The van der Waals surface area contributed by atoms with Gasteiger partial charge in [0.1, 0.15) is 5.75 Å². The molecule has 1 aromatic heterocycles. The maximum atomic E-state index is 6.14. The zero-order chi connectivity index (χ0) is 14.7. The van der Waals surface area contributed by atoms with E-state index < -0.39 is 0 Å². The van der Waals surface area contributed by atoms with E-state index in [1.54, 1.807) is 12.1 Å². The molecule has 106 valence electrons. The lowest BCUT2D eigenvalue weighted by Crippen LogP contribution is -2.07. The molecule has 0 amide bonds. The number of hydrogen-bond acceptors (Lipinski definition) is 3. The van der Waals surface area contributed by atoms with Crippen LogP contribution in [-0.4, -0.2) is 12.0 Å². The van der Waals surface area contributed by atoms with Crippen molar-refractivity contribution >= 4 is 23.2 Å². The van der Waals surface area contributed by atoms with Crippen molar-refractivity contribution in [1.29, 1.82) is 0 Å². The number of ether oxygens (including phenoxy) is 1. The Balaban J connectivity index is 2.28. The lowest BCUT2D eigenvalue weighted by Gasteiger charge is -2.10. The smallest absolute Gasteiger partial charge is 0.219 e. The first-order valence-electron chi connectivity index (χ1n) is 6.26. The number of rotatable bonds is 4. The summed E-state index contributed by atoms with van der Waals surface area (Å²) in [5.74, 6) is 1.23. The fourth-order valence-corrected chi connectivity index (χ4v) is 2.18. The third kappa shape index (κ3) is 3.42. The first-order valence-corrected chi connectivity index (χ1v) is 7.01. The van der Waals surface area contributed by atoms with E-state index in [0.29, 0.717) is 17.4 Å². The fourth-order valence-electron chi connectivity index (χ4n) is 1.90. The van der Waals surface area contributed by atoms with E-state index in [-0.39, 0.29) is 0 Å². The van der Waals surface area contributed by atoms with Gasteiger partial charge in [-0.3, -0.25) is 0 Å². The number of benzene rings is 1. The van der Waals surface area contributed by atoms with Gasteiger partial charge in [0.2, 0.25) is 5.88 Å². The Morgan fingerprint density at radius 1 is 1.15 bits per heavy atom. The van der Waals surface area contributed by atoms with Crippen molar-refractivity contribution < 1.29 is 4.74 Å². The summed E-state index contributed by atoms with van der Waals surface area (Å²) in [5.41, 5.74) is 2.71. The predicted molar refractivity (Wildman–Crippen MR) is 83.0 cm³/mol. The molecule has 0 aliphatic heterocycles. The number of pyridine rings is 1. The molecule has 0 saturated carbocycles. The fraction of sp³-hybridized carbons (Fsp3) is 0.267. The second-order valence-electron chi connectivity index (χ2n) is 4.58. The van der Waals surface area contributed by atoms with Gasteiger partial charge in [0.05, 0.1) is 10.7 Å². The highest BCUT2D eigenvalue weighted by molar-refractivity contribution is 6.32. The second kappa shape index (κ2) is 6.44. The zero-order valence-electron chi connectivity index (χ0n) is 11.6. The van der Waals surface area contributed by atoms with Gasteiger partial charge in [-0.15, -0.1) is 0 Å². The van der Waals surface area contributed by atoms with E-state index in [1.807, 2.05) is 33.0 Å². The Bertz CT molecular complexity index is 606. The van der Waals surface area contributed by atoms with Gasteiger partial charge in [0.25, 0.3) is 0 Å². The lowest BCUT2D eigenvalue weighted by atomic mass is 10.1. The summed E-state index contributed by atoms with van der Waals surface area (Å²) in [7, 11) is 1.84. The molecule has 2 rings (SSSR count). The molecule has 0 saturated heterocycles. The summed E-state index contributed by atoms with van der Waals surface area (Å²) >= 11 is 12.2. The van der Waals surface area contributed by atoms with E-state index >= 15 is 0 Å². The molecule has 0 radical (unpaired) electrons. The molecule has 0 aliphatic rings. The quantitative estimate of drug-likeness (QED) is 0.901. The van der Waals surface area contributed by atoms with Crippen LogP contribution in [0.4, 0.5) is 0 Å². The first-order chi connectivity index (χ1) is 9.51. The van der Waals surface area contributed by atoms with Gasteiger partial charge in [-0.2, -0.15) is 0 Å². The summed E-state index contributed by atoms with van der Waals surface area (Å²) in [6.45, 7) is 4.49. The highest BCUT2D eigenvalue weighted by Gasteiger charge is 2.08. The molecule has 0 unspecified atom stereocenters. The second-order valence-corrected chi connectivity index (χ2v) is 5.37. The van der Waals surface area contributed by atoms with Crippen LogP contribution in [0.1, 0.15) is 16.8 Å². The maximum absolute atomic E-state index is 6.14. The Morgan fingerprint density at radius 3 is 2.40 bits per heavy atom. The van der Waals surface area contributed by atoms with Crippen LogP contribution < -0.4 is 10.1 Å². The van der Waals surface area contributed by atoms with Gasteiger partial charge in [0, 0.05) is 17.6 Å². The van der Waals surface area contributed by atoms with Gasteiger partial charge in [-0.1, -0.05) is 23.2 Å². The normalized spacial score (nSPS) is 10.7. The van der Waals surface area contributed by atoms with Crippen molar-refractivity contribution in [3.05, 3.63) is 51.1 Å². The van der Waals surface area contributed by atoms with Crippen molar-refractivity contribution in [3.63, 3.8) is 0 Å². The SMILES string of the molecule is CNCc1nc(Oc2cc(C)c(Cl)c(C)c2)ccc1Cl. The Hall–Kier alpha value is -1.29. The molecular weight excluding hydrogens is 295 g/mol. The molecule has 2 aromatic rings. The standard InChI is InChI=1S/C15H16Cl2N2O/c1-9-6-11(7-10(2)15(9)17)20-14-5-4-12(16)13(19-14)8-18-3/h4-7,18H,8H2,1-3H3. The monoisotopic (exact) mass is 310 g/mol. The third-order valence-electron chi connectivity index (χ3n) is 2.87. The van der Waals surface area contributed by atoms with Crippen molar-refractivity contribution in [1.82, 2.24) is 10.3 Å². The van der Waals surface area contributed by atoms with Crippen molar-refractivity contribution in [3.8, 4) is 11.6 Å². The minimum Gasteiger partial charge on any atom is -0.439 e. The average molecular weight is 311 g/mol. The summed E-state index contributed by atoms with van der Waals surface area (Å²) in [4.78, 5) is 4.39. The summed E-state index contributed by atoms with van der Waals surface area (Å²) in [5, 5.41) is 4.40. The number of aromatic nitrogens is 1. The Morgan fingerprint density at radius 2 is 1.80 bits per heavy atom. The van der Waals surface area contributed by atoms with E-state index in [9.17, 15) is 0 Å². The highest BCUT2D eigenvalue weighted by atomic mass is 35.5.